The quantitative estimate of drug-likeness (QED) is 0.598. The van der Waals surface area contributed by atoms with Gasteiger partial charge in [0.2, 0.25) is 6.41 Å². The molecule has 0 spiro atoms. The number of rotatable bonds is 6. The second-order valence-electron chi connectivity index (χ2n) is 6.33. The van der Waals surface area contributed by atoms with Crippen LogP contribution in [-0.2, 0) is 14.0 Å². The van der Waals surface area contributed by atoms with Gasteiger partial charge in [-0.2, -0.15) is 0 Å². The SMILES string of the molecule is CC[C@H](C)[C@H](NC=O)C(=O)O[Si](C)(C)C(C)(C)C. The standard InChI is InChI=1S/C13H27NO3Si/c1-8-10(2)11(14-9-15)12(16)17-18(6,7)13(3,4)5/h9-11H,8H2,1-7H3,(H,14,15)/t10-,11-/m0/s1. The monoisotopic (exact) mass is 273 g/mol. The molecule has 0 saturated carbocycles. The van der Waals surface area contributed by atoms with Crippen LogP contribution in [0.1, 0.15) is 41.0 Å². The van der Waals surface area contributed by atoms with E-state index in [0.29, 0.717) is 6.41 Å². The van der Waals surface area contributed by atoms with Gasteiger partial charge in [0.05, 0.1) is 0 Å². The van der Waals surface area contributed by atoms with Gasteiger partial charge in [-0.15, -0.1) is 0 Å². The Bertz CT molecular complexity index is 297. The van der Waals surface area contributed by atoms with Crippen LogP contribution in [0.3, 0.4) is 0 Å². The fourth-order valence-corrected chi connectivity index (χ4v) is 2.18. The topological polar surface area (TPSA) is 55.4 Å². The Morgan fingerprint density at radius 2 is 1.89 bits per heavy atom. The minimum atomic E-state index is -2.12. The number of hydrogen-bond donors (Lipinski definition) is 1. The molecule has 0 bridgehead atoms. The van der Waals surface area contributed by atoms with E-state index < -0.39 is 14.4 Å². The molecule has 0 unspecified atom stereocenters. The van der Waals surface area contributed by atoms with Crippen LogP contribution >= 0.6 is 0 Å². The van der Waals surface area contributed by atoms with Gasteiger partial charge in [-0.1, -0.05) is 41.0 Å². The molecule has 5 heteroatoms. The maximum absolute atomic E-state index is 12.2. The highest BCUT2D eigenvalue weighted by Gasteiger charge is 2.42. The molecule has 0 saturated heterocycles. The van der Waals surface area contributed by atoms with Gasteiger partial charge in [0.25, 0.3) is 8.32 Å². The third kappa shape index (κ3) is 4.44. The fraction of sp³-hybridized carbons (Fsp3) is 0.846. The highest BCUT2D eigenvalue weighted by molar-refractivity contribution is 6.75. The summed E-state index contributed by atoms with van der Waals surface area (Å²) in [5.41, 5.74) is 0. The van der Waals surface area contributed by atoms with Crippen LogP contribution < -0.4 is 5.32 Å². The van der Waals surface area contributed by atoms with Crippen molar-refractivity contribution in [2.45, 2.75) is 65.2 Å². The van der Waals surface area contributed by atoms with Crippen LogP contribution in [0, 0.1) is 5.92 Å². The second kappa shape index (κ2) is 6.36. The van der Waals surface area contributed by atoms with E-state index in [1.165, 1.54) is 0 Å². The van der Waals surface area contributed by atoms with Crippen LogP contribution in [0.4, 0.5) is 0 Å². The Balaban J connectivity index is 4.86. The largest absolute Gasteiger partial charge is 0.518 e. The average molecular weight is 273 g/mol. The summed E-state index contributed by atoms with van der Waals surface area (Å²) in [7, 11) is -2.12. The van der Waals surface area contributed by atoms with E-state index in [1.807, 2.05) is 26.9 Å². The summed E-state index contributed by atoms with van der Waals surface area (Å²) in [5, 5.41) is 2.55. The van der Waals surface area contributed by atoms with Gasteiger partial charge in [0, 0.05) is 0 Å². The highest BCUT2D eigenvalue weighted by Crippen LogP contribution is 2.37. The molecule has 18 heavy (non-hydrogen) atoms. The lowest BCUT2D eigenvalue weighted by molar-refractivity contribution is -0.140. The number of nitrogens with one attached hydrogen (secondary N) is 1. The van der Waals surface area contributed by atoms with E-state index in [-0.39, 0.29) is 16.9 Å². The summed E-state index contributed by atoms with van der Waals surface area (Å²) >= 11 is 0. The second-order valence-corrected chi connectivity index (χ2v) is 11.1. The summed E-state index contributed by atoms with van der Waals surface area (Å²) < 4.78 is 5.72. The Kier molecular flexibility index (Phi) is 6.06. The minimum absolute atomic E-state index is 0.0240. The zero-order valence-electron chi connectivity index (χ0n) is 12.7. The Morgan fingerprint density at radius 1 is 1.39 bits per heavy atom. The molecule has 0 fully saturated rings. The normalized spacial score (nSPS) is 15.7. The molecule has 1 N–H and O–H groups in total. The van der Waals surface area contributed by atoms with Crippen molar-refractivity contribution in [3.63, 3.8) is 0 Å². The van der Waals surface area contributed by atoms with E-state index in [1.54, 1.807) is 0 Å². The van der Waals surface area contributed by atoms with Gasteiger partial charge in [-0.25, -0.2) is 0 Å². The molecule has 106 valence electrons. The number of carbonyl (C=O) groups is 2. The third-order valence-corrected chi connectivity index (χ3v) is 8.20. The van der Waals surface area contributed by atoms with Gasteiger partial charge in [-0.05, 0) is 24.1 Å². The van der Waals surface area contributed by atoms with Gasteiger partial charge >= 0.3 is 5.97 Å². The van der Waals surface area contributed by atoms with Crippen molar-refractivity contribution in [2.75, 3.05) is 0 Å². The zero-order chi connectivity index (χ0) is 14.6. The molecule has 0 radical (unpaired) electrons. The number of amides is 1. The maximum Gasteiger partial charge on any atom is 0.315 e. The minimum Gasteiger partial charge on any atom is -0.518 e. The molecule has 4 nitrogen and oxygen atoms in total. The number of hydrogen-bond acceptors (Lipinski definition) is 3. The van der Waals surface area contributed by atoms with Crippen LogP contribution in [0.15, 0.2) is 0 Å². The molecule has 0 heterocycles. The highest BCUT2D eigenvalue weighted by atomic mass is 28.4. The predicted octanol–water partition coefficient (Wildman–Crippen LogP) is 2.70. The molecule has 0 aromatic rings. The smallest absolute Gasteiger partial charge is 0.315 e. The Hall–Kier alpha value is -0.843. The van der Waals surface area contributed by atoms with Crippen LogP contribution in [0.25, 0.3) is 0 Å². The molecule has 1 amide bonds. The summed E-state index contributed by atoms with van der Waals surface area (Å²) in [6.07, 6.45) is 1.39. The molecule has 0 aliphatic rings. The number of carbonyl (C=O) groups excluding carboxylic acids is 2. The van der Waals surface area contributed by atoms with Gasteiger partial charge in [-0.3, -0.25) is 9.59 Å². The van der Waals surface area contributed by atoms with E-state index in [2.05, 4.69) is 26.1 Å². The van der Waals surface area contributed by atoms with Crippen molar-refractivity contribution >= 4 is 20.7 Å². The van der Waals surface area contributed by atoms with Crippen LogP contribution in [0.2, 0.25) is 18.1 Å². The first-order chi connectivity index (χ1) is 8.06. The third-order valence-electron chi connectivity index (χ3n) is 3.88. The molecular weight excluding hydrogens is 246 g/mol. The predicted molar refractivity (Wildman–Crippen MR) is 75.7 cm³/mol. The first kappa shape index (κ1) is 17.2. The van der Waals surface area contributed by atoms with Crippen LogP contribution in [0.5, 0.6) is 0 Å². The Labute approximate surface area is 112 Å². The van der Waals surface area contributed by atoms with Crippen molar-refractivity contribution in [3.8, 4) is 0 Å². The molecule has 0 aliphatic heterocycles. The molecule has 0 aromatic heterocycles. The van der Waals surface area contributed by atoms with Crippen molar-refractivity contribution in [3.05, 3.63) is 0 Å². The van der Waals surface area contributed by atoms with E-state index >= 15 is 0 Å². The summed E-state index contributed by atoms with van der Waals surface area (Å²) in [6, 6.07) is -0.540. The fourth-order valence-electron chi connectivity index (χ4n) is 1.24. The lowest BCUT2D eigenvalue weighted by Gasteiger charge is -2.37. The average Bonchev–Trinajstić information content (AvgIpc) is 2.22. The lowest BCUT2D eigenvalue weighted by Crippen LogP contribution is -2.50. The molecule has 0 aliphatic carbocycles. The molecule has 2 atom stereocenters. The zero-order valence-corrected chi connectivity index (χ0v) is 13.7. The van der Waals surface area contributed by atoms with E-state index in [4.69, 9.17) is 4.43 Å². The van der Waals surface area contributed by atoms with Gasteiger partial charge < -0.3 is 9.74 Å². The molecule has 0 aromatic carbocycles. The molecular formula is C13H27NO3Si. The first-order valence-corrected chi connectivity index (χ1v) is 9.40. The van der Waals surface area contributed by atoms with Gasteiger partial charge in [0.1, 0.15) is 6.04 Å². The van der Waals surface area contributed by atoms with Gasteiger partial charge in [0.15, 0.2) is 0 Å². The van der Waals surface area contributed by atoms with Crippen molar-refractivity contribution < 1.29 is 14.0 Å². The van der Waals surface area contributed by atoms with Crippen molar-refractivity contribution in [2.24, 2.45) is 5.92 Å². The summed E-state index contributed by atoms with van der Waals surface area (Å²) in [6.45, 7) is 14.2. The lowest BCUT2D eigenvalue weighted by atomic mass is 10.00. The van der Waals surface area contributed by atoms with E-state index in [9.17, 15) is 9.59 Å². The first-order valence-electron chi connectivity index (χ1n) is 6.49. The maximum atomic E-state index is 12.2. The van der Waals surface area contributed by atoms with E-state index in [0.717, 1.165) is 6.42 Å². The van der Waals surface area contributed by atoms with Crippen molar-refractivity contribution in [1.82, 2.24) is 5.32 Å². The molecule has 0 rings (SSSR count). The van der Waals surface area contributed by atoms with Crippen LogP contribution in [-0.4, -0.2) is 26.7 Å². The summed E-state index contributed by atoms with van der Waals surface area (Å²) in [4.78, 5) is 22.8. The Morgan fingerprint density at radius 3 is 2.22 bits per heavy atom. The van der Waals surface area contributed by atoms with Crippen molar-refractivity contribution in [1.29, 1.82) is 0 Å². The summed E-state index contributed by atoms with van der Waals surface area (Å²) in [5.74, 6) is -0.226.